The fraction of sp³-hybridized carbons (Fsp3) is 0.500. The number of esters is 2. The minimum Gasteiger partial charge on any atom is -0.504 e. The zero-order chi connectivity index (χ0) is 31.9. The first kappa shape index (κ1) is 29.7. The van der Waals surface area contributed by atoms with Crippen molar-refractivity contribution >= 4 is 29.5 Å². The van der Waals surface area contributed by atoms with Crippen LogP contribution in [0.15, 0.2) is 6.07 Å². The molecule has 236 valence electrons. The number of fused-ring (bicyclic) bond motifs is 6. The number of Topliss-reactive ketones (excluding diaryl/α,β-unsaturated/α-hetero) is 1. The molecule has 0 amide bonds. The van der Waals surface area contributed by atoms with Crippen LogP contribution in [0.4, 0.5) is 0 Å². The number of methoxy groups -OCH3 is 1. The van der Waals surface area contributed by atoms with E-state index in [2.05, 4.69) is 15.9 Å². The van der Waals surface area contributed by atoms with Gasteiger partial charge in [-0.3, -0.25) is 19.4 Å². The highest BCUT2D eigenvalue weighted by Crippen LogP contribution is 2.65. The molecule has 2 saturated heterocycles. The molecule has 1 N–H and O–H groups in total. The Morgan fingerprint density at radius 2 is 1.93 bits per heavy atom. The summed E-state index contributed by atoms with van der Waals surface area (Å²) >= 11 is 1.23. The number of aromatic hydroxyl groups is 1. The molecule has 0 radical (unpaired) electrons. The second kappa shape index (κ2) is 10.5. The van der Waals surface area contributed by atoms with Crippen LogP contribution < -0.4 is 18.9 Å². The summed E-state index contributed by atoms with van der Waals surface area (Å²) in [5, 5.41) is 22.4. The van der Waals surface area contributed by atoms with Gasteiger partial charge in [-0.05, 0) is 31.5 Å². The molecule has 8 rings (SSSR count). The first-order chi connectivity index (χ1) is 21.6. The number of phenolic OH excluding ortho intramolecular Hbond substituents is 1. The Hall–Kier alpha value is -3.99. The maximum absolute atomic E-state index is 13.0. The van der Waals surface area contributed by atoms with E-state index in [1.807, 2.05) is 19.9 Å². The summed E-state index contributed by atoms with van der Waals surface area (Å²) in [6.45, 7) is 7.56. The average molecular weight is 636 g/mol. The monoisotopic (exact) mass is 635 g/mol. The average Bonchev–Trinajstić information content (AvgIpc) is 3.41. The summed E-state index contributed by atoms with van der Waals surface area (Å²) in [5.74, 6) is -0.865. The van der Waals surface area contributed by atoms with E-state index in [1.54, 1.807) is 6.92 Å². The van der Waals surface area contributed by atoms with Crippen LogP contribution in [-0.4, -0.2) is 83.6 Å². The van der Waals surface area contributed by atoms with Crippen LogP contribution in [0.2, 0.25) is 0 Å². The Morgan fingerprint density at radius 3 is 2.62 bits per heavy atom. The number of nitriles is 1. The van der Waals surface area contributed by atoms with E-state index in [0.29, 0.717) is 58.3 Å². The number of carbonyl (C=O) groups is 3. The second-order valence-corrected chi connectivity index (χ2v) is 13.2. The number of phenols is 1. The summed E-state index contributed by atoms with van der Waals surface area (Å²) in [6, 6.07) is 2.84. The third-order valence-electron chi connectivity index (χ3n) is 9.74. The number of rotatable bonds is 3. The van der Waals surface area contributed by atoms with Gasteiger partial charge in [-0.25, -0.2) is 4.79 Å². The van der Waals surface area contributed by atoms with E-state index in [9.17, 15) is 24.8 Å². The molecule has 4 bridgehead atoms. The van der Waals surface area contributed by atoms with Crippen molar-refractivity contribution in [3.63, 3.8) is 0 Å². The molecule has 2 unspecified atom stereocenters. The Bertz CT molecular complexity index is 1720. The Labute approximate surface area is 264 Å². The molecular formula is C32H33N3O9S. The van der Waals surface area contributed by atoms with Crippen LogP contribution >= 0.6 is 11.8 Å². The zero-order valence-electron chi connectivity index (χ0n) is 25.6. The third-order valence-corrected chi connectivity index (χ3v) is 11.0. The van der Waals surface area contributed by atoms with Crippen molar-refractivity contribution in [3.8, 4) is 34.8 Å². The van der Waals surface area contributed by atoms with E-state index in [-0.39, 0.29) is 31.3 Å². The fourth-order valence-electron chi connectivity index (χ4n) is 8.15. The van der Waals surface area contributed by atoms with Crippen molar-refractivity contribution < 1.29 is 43.2 Å². The van der Waals surface area contributed by atoms with Gasteiger partial charge in [-0.2, -0.15) is 5.26 Å². The van der Waals surface area contributed by atoms with Gasteiger partial charge < -0.3 is 28.8 Å². The van der Waals surface area contributed by atoms with E-state index >= 15 is 0 Å². The number of ketones is 1. The summed E-state index contributed by atoms with van der Waals surface area (Å²) in [4.78, 5) is 42.7. The summed E-state index contributed by atoms with van der Waals surface area (Å²) in [6.07, 6.45) is 0.277. The number of piperazine rings is 1. The molecule has 6 aliphatic heterocycles. The van der Waals surface area contributed by atoms with Crippen molar-refractivity contribution in [2.75, 3.05) is 39.4 Å². The molecule has 0 spiro atoms. The lowest BCUT2D eigenvalue weighted by atomic mass is 9.76. The summed E-state index contributed by atoms with van der Waals surface area (Å²) < 4.78 is 29.2. The quantitative estimate of drug-likeness (QED) is 0.299. The molecule has 6 heterocycles. The number of hydrogen-bond donors (Lipinski definition) is 1. The summed E-state index contributed by atoms with van der Waals surface area (Å²) in [5.41, 5.74) is 2.87. The molecule has 6 aliphatic rings. The Kier molecular flexibility index (Phi) is 6.96. The molecule has 12 nitrogen and oxygen atoms in total. The Morgan fingerprint density at radius 1 is 1.18 bits per heavy atom. The largest absolute Gasteiger partial charge is 0.504 e. The lowest BCUT2D eigenvalue weighted by Crippen LogP contribution is -2.69. The molecule has 45 heavy (non-hydrogen) atoms. The van der Waals surface area contributed by atoms with Crippen LogP contribution in [0.5, 0.6) is 28.7 Å². The van der Waals surface area contributed by atoms with E-state index in [0.717, 1.165) is 11.1 Å². The number of nitrogens with zero attached hydrogens (tertiary/aromatic N) is 3. The number of hydrogen-bond acceptors (Lipinski definition) is 13. The van der Waals surface area contributed by atoms with Gasteiger partial charge >= 0.3 is 11.9 Å². The number of thioether (sulfide) groups is 1. The van der Waals surface area contributed by atoms with Gasteiger partial charge in [0.05, 0.1) is 36.3 Å². The maximum atomic E-state index is 13.0. The molecular weight excluding hydrogens is 602 g/mol. The highest BCUT2D eigenvalue weighted by Gasteiger charge is 2.63. The molecule has 2 aromatic carbocycles. The standard InChI is InChI=1S/C32H33N3O9S/c1-6-34-12-32(11-33)8-17-7-14(2)26(40-5)25(38)20(17)23(34)24-30-22-21(18(35(24)32)9-41-31(39)19(37)10-45-30)29-28(42-13-43-29)15(3)27(22)44-16(4)36/h7,18,23-24,30,38H,6,8-10,12-13H2,1-5H3/t18-,23-,24?,30+,32-/m0/s1. The van der Waals surface area contributed by atoms with Crippen LogP contribution in [0, 0.1) is 25.2 Å². The highest BCUT2D eigenvalue weighted by atomic mass is 32.2. The lowest BCUT2D eigenvalue weighted by molar-refractivity contribution is -0.157. The van der Waals surface area contributed by atoms with Crippen LogP contribution in [0.1, 0.15) is 64.6 Å². The molecule has 0 aromatic heterocycles. The summed E-state index contributed by atoms with van der Waals surface area (Å²) in [7, 11) is 1.51. The van der Waals surface area contributed by atoms with Gasteiger partial charge in [-0.1, -0.05) is 13.0 Å². The van der Waals surface area contributed by atoms with Crippen molar-refractivity contribution in [3.05, 3.63) is 39.4 Å². The Balaban J connectivity index is 1.60. The van der Waals surface area contributed by atoms with Crippen molar-refractivity contribution in [2.45, 2.75) is 63.0 Å². The smallest absolute Gasteiger partial charge is 0.375 e. The van der Waals surface area contributed by atoms with Crippen LogP contribution in [0.3, 0.4) is 0 Å². The van der Waals surface area contributed by atoms with Gasteiger partial charge in [-0.15, -0.1) is 11.8 Å². The lowest BCUT2D eigenvalue weighted by Gasteiger charge is -2.60. The van der Waals surface area contributed by atoms with Gasteiger partial charge in [0.25, 0.3) is 0 Å². The second-order valence-electron chi connectivity index (χ2n) is 12.1. The number of ether oxygens (including phenoxy) is 5. The van der Waals surface area contributed by atoms with Gasteiger partial charge in [0, 0.05) is 48.2 Å². The molecule has 2 aromatic rings. The number of cyclic esters (lactones) is 1. The number of aryl methyl sites for hydroxylation is 1. The minimum atomic E-state index is -1.15. The predicted octanol–water partition coefficient (Wildman–Crippen LogP) is 3.19. The van der Waals surface area contributed by atoms with Crippen molar-refractivity contribution in [2.24, 2.45) is 0 Å². The predicted molar refractivity (Wildman–Crippen MR) is 160 cm³/mol. The number of benzene rings is 2. The molecule has 2 fully saturated rings. The van der Waals surface area contributed by atoms with E-state index in [4.69, 9.17) is 23.7 Å². The van der Waals surface area contributed by atoms with Crippen LogP contribution in [0.25, 0.3) is 0 Å². The zero-order valence-corrected chi connectivity index (χ0v) is 26.4. The number of likely N-dealkylation sites (N-methyl/N-ethyl adjacent to an activating group) is 1. The fourth-order valence-corrected chi connectivity index (χ4v) is 9.48. The first-order valence-electron chi connectivity index (χ1n) is 14.9. The van der Waals surface area contributed by atoms with Gasteiger partial charge in [0.15, 0.2) is 23.0 Å². The topological polar surface area (TPSA) is 148 Å². The van der Waals surface area contributed by atoms with Crippen LogP contribution in [-0.2, 0) is 25.5 Å². The van der Waals surface area contributed by atoms with Gasteiger partial charge in [0.1, 0.15) is 17.9 Å². The minimum absolute atomic E-state index is 0.00862. The molecule has 0 aliphatic carbocycles. The molecule has 13 heteroatoms. The van der Waals surface area contributed by atoms with Crippen molar-refractivity contribution in [1.82, 2.24) is 9.80 Å². The normalized spacial score (nSPS) is 29.6. The highest BCUT2D eigenvalue weighted by molar-refractivity contribution is 8.00. The van der Waals surface area contributed by atoms with Gasteiger partial charge in [0.2, 0.25) is 12.6 Å². The number of carbonyl (C=O) groups excluding carboxylic acids is 3. The molecule has 0 saturated carbocycles. The maximum Gasteiger partial charge on any atom is 0.375 e. The molecule has 6 atom stereocenters. The SMILES string of the molecule is CCN1C[C@@]2(C#N)Cc3cc(C)c(OC)c(O)c3[C@H]1C1[C@@H]3SCC(=O)C(=O)OC[C@@H](c4c5c(c(C)c(OC(C)=O)c43)OCO5)N12. The van der Waals surface area contributed by atoms with E-state index in [1.165, 1.54) is 25.8 Å². The first-order valence-corrected chi connectivity index (χ1v) is 15.9. The van der Waals surface area contributed by atoms with Crippen molar-refractivity contribution in [1.29, 1.82) is 5.26 Å². The van der Waals surface area contributed by atoms with E-state index < -0.39 is 46.6 Å². The third kappa shape index (κ3) is 4.08.